The van der Waals surface area contributed by atoms with E-state index in [2.05, 4.69) is 10.3 Å². The van der Waals surface area contributed by atoms with Crippen molar-refractivity contribution >= 4 is 16.9 Å². The summed E-state index contributed by atoms with van der Waals surface area (Å²) in [6, 6.07) is 4.87. The van der Waals surface area contributed by atoms with Crippen molar-refractivity contribution in [1.82, 2.24) is 14.9 Å². The first-order valence-corrected chi connectivity index (χ1v) is 8.07. The summed E-state index contributed by atoms with van der Waals surface area (Å²) >= 11 is 0. The highest BCUT2D eigenvalue weighted by Gasteiger charge is 2.33. The third-order valence-electron chi connectivity index (χ3n) is 4.65. The number of fused-ring (bicyclic) bond motifs is 1. The summed E-state index contributed by atoms with van der Waals surface area (Å²) in [5.74, 6) is 0.251. The van der Waals surface area contributed by atoms with Crippen LogP contribution in [0.1, 0.15) is 37.9 Å². The van der Waals surface area contributed by atoms with Crippen molar-refractivity contribution in [3.05, 3.63) is 29.8 Å². The van der Waals surface area contributed by atoms with E-state index in [1.54, 1.807) is 6.07 Å². The van der Waals surface area contributed by atoms with Gasteiger partial charge in [-0.3, -0.25) is 4.79 Å². The molecule has 1 saturated carbocycles. The number of hydrogen-bond donors (Lipinski definition) is 2. The molecule has 2 N–H and O–H groups in total. The van der Waals surface area contributed by atoms with Crippen molar-refractivity contribution in [3.8, 4) is 0 Å². The van der Waals surface area contributed by atoms with E-state index in [9.17, 15) is 14.3 Å². The molecule has 0 radical (unpaired) electrons. The normalized spacial score (nSPS) is 16.8. The smallest absolute Gasteiger partial charge is 0.222 e. The molecule has 5 nitrogen and oxygen atoms in total. The minimum atomic E-state index is -0.828. The average Bonchev–Trinajstić information content (AvgIpc) is 3.06. The number of hydrogen-bond acceptors (Lipinski definition) is 3. The van der Waals surface area contributed by atoms with E-state index in [0.29, 0.717) is 31.3 Å². The van der Waals surface area contributed by atoms with Crippen LogP contribution in [0.25, 0.3) is 11.0 Å². The van der Waals surface area contributed by atoms with Crippen molar-refractivity contribution in [2.75, 3.05) is 6.54 Å². The number of aryl methyl sites for hydroxylation is 1. The van der Waals surface area contributed by atoms with Crippen molar-refractivity contribution in [2.24, 2.45) is 7.05 Å². The van der Waals surface area contributed by atoms with Crippen LogP contribution in [0.5, 0.6) is 0 Å². The van der Waals surface area contributed by atoms with Crippen LogP contribution >= 0.6 is 0 Å². The van der Waals surface area contributed by atoms with Gasteiger partial charge in [-0.1, -0.05) is 18.9 Å². The van der Waals surface area contributed by atoms with Gasteiger partial charge in [0.1, 0.15) is 11.3 Å². The van der Waals surface area contributed by atoms with Gasteiger partial charge in [0.25, 0.3) is 0 Å². The number of benzene rings is 1. The van der Waals surface area contributed by atoms with E-state index in [-0.39, 0.29) is 18.1 Å². The van der Waals surface area contributed by atoms with Crippen LogP contribution in [0.4, 0.5) is 4.39 Å². The zero-order chi connectivity index (χ0) is 16.4. The minimum absolute atomic E-state index is 0.139. The lowest BCUT2D eigenvalue weighted by atomic mass is 9.98. The molecule has 0 saturated heterocycles. The maximum Gasteiger partial charge on any atom is 0.222 e. The van der Waals surface area contributed by atoms with Crippen LogP contribution in [0.2, 0.25) is 0 Å². The summed E-state index contributed by atoms with van der Waals surface area (Å²) in [4.78, 5) is 16.3. The zero-order valence-electron chi connectivity index (χ0n) is 13.3. The summed E-state index contributed by atoms with van der Waals surface area (Å²) in [5, 5.41) is 13.1. The number of para-hydroxylation sites is 1. The fraction of sp³-hybridized carbons (Fsp3) is 0.529. The molecule has 124 valence electrons. The molecule has 2 aromatic rings. The van der Waals surface area contributed by atoms with Gasteiger partial charge in [-0.05, 0) is 25.0 Å². The summed E-state index contributed by atoms with van der Waals surface area (Å²) in [6.07, 6.45) is 4.04. The largest absolute Gasteiger partial charge is 0.389 e. The highest BCUT2D eigenvalue weighted by Crippen LogP contribution is 2.32. The standard InChI is InChI=1S/C17H22FN3O2/c1-21-13-6-4-5-12(18)16(13)20-14(21)7-10-19-15(22)11-17(23)8-2-3-9-17/h4-6,23H,2-3,7-11H2,1H3,(H,19,22). The molecule has 23 heavy (non-hydrogen) atoms. The second-order valence-corrected chi connectivity index (χ2v) is 6.40. The number of nitrogens with zero attached hydrogens (tertiary/aromatic N) is 2. The number of rotatable bonds is 5. The lowest BCUT2D eigenvalue weighted by Gasteiger charge is -2.21. The minimum Gasteiger partial charge on any atom is -0.389 e. The van der Waals surface area contributed by atoms with Gasteiger partial charge in [0.2, 0.25) is 5.91 Å². The number of carbonyl (C=O) groups is 1. The van der Waals surface area contributed by atoms with Gasteiger partial charge in [0.15, 0.2) is 5.82 Å². The number of amides is 1. The van der Waals surface area contributed by atoms with Crippen LogP contribution in [0.15, 0.2) is 18.2 Å². The van der Waals surface area contributed by atoms with Crippen LogP contribution in [0, 0.1) is 5.82 Å². The molecule has 3 rings (SSSR count). The Morgan fingerprint density at radius 2 is 2.17 bits per heavy atom. The molecule has 0 bridgehead atoms. The van der Waals surface area contributed by atoms with Gasteiger partial charge in [-0.2, -0.15) is 0 Å². The van der Waals surface area contributed by atoms with Crippen molar-refractivity contribution in [2.45, 2.75) is 44.1 Å². The molecule has 1 heterocycles. The molecule has 1 aliphatic carbocycles. The first-order chi connectivity index (χ1) is 11.0. The lowest BCUT2D eigenvalue weighted by Crippen LogP contribution is -2.35. The van der Waals surface area contributed by atoms with Gasteiger partial charge >= 0.3 is 0 Å². The molecule has 1 aromatic heterocycles. The van der Waals surface area contributed by atoms with E-state index in [1.807, 2.05) is 17.7 Å². The SMILES string of the molecule is Cn1c(CCNC(=O)CC2(O)CCCC2)nc2c(F)cccc21. The van der Waals surface area contributed by atoms with Crippen molar-refractivity contribution < 1.29 is 14.3 Å². The summed E-state index contributed by atoms with van der Waals surface area (Å²) in [7, 11) is 1.84. The Labute approximate surface area is 134 Å². The van der Waals surface area contributed by atoms with E-state index >= 15 is 0 Å². The molecule has 1 aliphatic rings. The van der Waals surface area contributed by atoms with Crippen molar-refractivity contribution in [3.63, 3.8) is 0 Å². The second-order valence-electron chi connectivity index (χ2n) is 6.40. The van der Waals surface area contributed by atoms with E-state index in [1.165, 1.54) is 6.07 Å². The third-order valence-corrected chi connectivity index (χ3v) is 4.65. The number of aliphatic hydroxyl groups is 1. The molecular weight excluding hydrogens is 297 g/mol. The Balaban J connectivity index is 1.57. The predicted molar refractivity (Wildman–Crippen MR) is 85.4 cm³/mol. The van der Waals surface area contributed by atoms with Crippen LogP contribution in [0.3, 0.4) is 0 Å². The molecule has 0 atom stereocenters. The predicted octanol–water partition coefficient (Wildman–Crippen LogP) is 2.07. The monoisotopic (exact) mass is 319 g/mol. The van der Waals surface area contributed by atoms with Gasteiger partial charge in [0.05, 0.1) is 17.5 Å². The van der Waals surface area contributed by atoms with E-state index in [0.717, 1.165) is 24.2 Å². The Kier molecular flexibility index (Phi) is 4.35. The van der Waals surface area contributed by atoms with Crippen molar-refractivity contribution in [1.29, 1.82) is 0 Å². The highest BCUT2D eigenvalue weighted by atomic mass is 19.1. The van der Waals surface area contributed by atoms with Gasteiger partial charge in [-0.15, -0.1) is 0 Å². The molecule has 1 amide bonds. The molecule has 6 heteroatoms. The van der Waals surface area contributed by atoms with Crippen LogP contribution in [-0.2, 0) is 18.3 Å². The highest BCUT2D eigenvalue weighted by molar-refractivity contribution is 5.77. The summed E-state index contributed by atoms with van der Waals surface area (Å²) in [5.41, 5.74) is 0.272. The molecule has 0 unspecified atom stereocenters. The maximum absolute atomic E-state index is 13.7. The maximum atomic E-state index is 13.7. The Morgan fingerprint density at radius 1 is 1.43 bits per heavy atom. The molecular formula is C17H22FN3O2. The number of nitrogens with one attached hydrogen (secondary N) is 1. The van der Waals surface area contributed by atoms with Gasteiger partial charge in [0, 0.05) is 20.0 Å². The quantitative estimate of drug-likeness (QED) is 0.886. The summed E-state index contributed by atoms with van der Waals surface area (Å²) in [6.45, 7) is 0.424. The van der Waals surface area contributed by atoms with Gasteiger partial charge in [-0.25, -0.2) is 9.37 Å². The topological polar surface area (TPSA) is 67.2 Å². The van der Waals surface area contributed by atoms with Crippen LogP contribution < -0.4 is 5.32 Å². The average molecular weight is 319 g/mol. The number of halogens is 1. The Morgan fingerprint density at radius 3 is 2.87 bits per heavy atom. The molecule has 1 fully saturated rings. The number of aromatic nitrogens is 2. The Hall–Kier alpha value is -1.95. The number of imidazole rings is 1. The van der Waals surface area contributed by atoms with E-state index in [4.69, 9.17) is 0 Å². The lowest BCUT2D eigenvalue weighted by molar-refractivity contribution is -0.125. The zero-order valence-corrected chi connectivity index (χ0v) is 13.3. The van der Waals surface area contributed by atoms with E-state index < -0.39 is 5.60 Å². The molecule has 0 spiro atoms. The Bertz CT molecular complexity index is 720. The third kappa shape index (κ3) is 3.37. The molecule has 1 aromatic carbocycles. The first-order valence-electron chi connectivity index (χ1n) is 8.07. The van der Waals surface area contributed by atoms with Crippen LogP contribution in [-0.4, -0.2) is 32.7 Å². The molecule has 0 aliphatic heterocycles. The summed E-state index contributed by atoms with van der Waals surface area (Å²) < 4.78 is 15.6. The fourth-order valence-corrected chi connectivity index (χ4v) is 3.34. The second kappa shape index (κ2) is 6.28. The number of carbonyl (C=O) groups excluding carboxylic acids is 1. The fourth-order valence-electron chi connectivity index (χ4n) is 3.34. The van der Waals surface area contributed by atoms with Gasteiger partial charge < -0.3 is 15.0 Å². The first kappa shape index (κ1) is 15.9.